The molecule has 6 heteroatoms. The van der Waals surface area contributed by atoms with Crippen molar-refractivity contribution in [3.8, 4) is 0 Å². The third kappa shape index (κ3) is 4.95. The van der Waals surface area contributed by atoms with E-state index in [1.807, 2.05) is 69.3 Å². The van der Waals surface area contributed by atoms with E-state index in [0.717, 1.165) is 15.9 Å². The summed E-state index contributed by atoms with van der Waals surface area (Å²) in [6.45, 7) is 5.73. The van der Waals surface area contributed by atoms with Gasteiger partial charge in [-0.3, -0.25) is 9.59 Å². The Kier molecular flexibility index (Phi) is 6.41. The molecule has 3 aromatic rings. The zero-order valence-electron chi connectivity index (χ0n) is 16.2. The van der Waals surface area contributed by atoms with E-state index in [1.165, 1.54) is 11.8 Å². The van der Waals surface area contributed by atoms with Gasteiger partial charge in [0.1, 0.15) is 11.3 Å². The normalized spacial score (nSPS) is 12.1. The van der Waals surface area contributed by atoms with Crippen LogP contribution in [0.25, 0.3) is 11.0 Å². The third-order valence-corrected chi connectivity index (χ3v) is 5.23. The molecule has 28 heavy (non-hydrogen) atoms. The van der Waals surface area contributed by atoms with Crippen molar-refractivity contribution in [1.29, 1.82) is 0 Å². The maximum absolute atomic E-state index is 12.8. The second-order valence-electron chi connectivity index (χ2n) is 6.89. The molecule has 2 amide bonds. The Labute approximate surface area is 168 Å². The quantitative estimate of drug-likeness (QED) is 0.575. The summed E-state index contributed by atoms with van der Waals surface area (Å²) in [6, 6.07) is 16.8. The van der Waals surface area contributed by atoms with Crippen molar-refractivity contribution in [2.24, 2.45) is 0 Å². The first kappa shape index (κ1) is 20.0. The summed E-state index contributed by atoms with van der Waals surface area (Å²) >= 11 is 1.36. The monoisotopic (exact) mass is 396 g/mol. The average Bonchev–Trinajstić information content (AvgIpc) is 3.10. The molecule has 3 rings (SSSR count). The van der Waals surface area contributed by atoms with Gasteiger partial charge in [-0.2, -0.15) is 0 Å². The summed E-state index contributed by atoms with van der Waals surface area (Å²) in [5, 5.41) is 6.85. The largest absolute Gasteiger partial charge is 0.459 e. The Morgan fingerprint density at radius 3 is 2.46 bits per heavy atom. The van der Waals surface area contributed by atoms with Crippen molar-refractivity contribution in [2.75, 3.05) is 5.75 Å². The summed E-state index contributed by atoms with van der Waals surface area (Å²) in [5.41, 5.74) is 1.35. The summed E-state index contributed by atoms with van der Waals surface area (Å²) < 4.78 is 5.84. The van der Waals surface area contributed by atoms with Gasteiger partial charge in [-0.15, -0.1) is 11.8 Å². The van der Waals surface area contributed by atoms with Crippen LogP contribution in [0.4, 0.5) is 0 Å². The molecule has 1 unspecified atom stereocenters. The van der Waals surface area contributed by atoms with Crippen molar-refractivity contribution in [3.05, 3.63) is 65.9 Å². The minimum Gasteiger partial charge on any atom is -0.459 e. The molecular formula is C22H24N2O3S. The van der Waals surface area contributed by atoms with E-state index in [1.54, 1.807) is 6.07 Å². The Morgan fingerprint density at radius 2 is 1.71 bits per heavy atom. The smallest absolute Gasteiger partial charge is 0.252 e. The van der Waals surface area contributed by atoms with Crippen LogP contribution < -0.4 is 10.6 Å². The minimum atomic E-state index is -0.276. The van der Waals surface area contributed by atoms with Gasteiger partial charge in [0.15, 0.2) is 0 Å². The summed E-state index contributed by atoms with van der Waals surface area (Å²) in [4.78, 5) is 25.5. The van der Waals surface area contributed by atoms with Crippen molar-refractivity contribution < 1.29 is 14.0 Å². The van der Waals surface area contributed by atoms with E-state index in [4.69, 9.17) is 4.42 Å². The molecule has 0 saturated carbocycles. The lowest BCUT2D eigenvalue weighted by atomic mass is 10.1. The van der Waals surface area contributed by atoms with E-state index in [-0.39, 0.29) is 29.7 Å². The van der Waals surface area contributed by atoms with Gasteiger partial charge in [0.25, 0.3) is 5.91 Å². The summed E-state index contributed by atoms with van der Waals surface area (Å²) in [6.07, 6.45) is 0. The van der Waals surface area contributed by atoms with Crippen LogP contribution in [0.5, 0.6) is 0 Å². The predicted molar refractivity (Wildman–Crippen MR) is 113 cm³/mol. The molecule has 1 heterocycles. The molecule has 5 nitrogen and oxygen atoms in total. The predicted octanol–water partition coefficient (Wildman–Crippen LogP) is 4.54. The Bertz CT molecular complexity index is 948. The number of hydrogen-bond donors (Lipinski definition) is 2. The van der Waals surface area contributed by atoms with Crippen molar-refractivity contribution in [1.82, 2.24) is 10.6 Å². The number of carbonyl (C=O) groups is 2. The molecule has 2 N–H and O–H groups in total. The van der Waals surface area contributed by atoms with Crippen LogP contribution in [0.3, 0.4) is 0 Å². The zero-order valence-corrected chi connectivity index (χ0v) is 17.0. The number of amides is 2. The molecule has 0 fully saturated rings. The van der Waals surface area contributed by atoms with E-state index in [2.05, 4.69) is 10.6 Å². The molecule has 0 aliphatic heterocycles. The lowest BCUT2D eigenvalue weighted by Gasteiger charge is -2.14. The molecule has 0 aliphatic carbocycles. The Hall–Kier alpha value is -2.73. The number of thioether (sulfide) groups is 1. The van der Waals surface area contributed by atoms with E-state index in [9.17, 15) is 9.59 Å². The fourth-order valence-corrected chi connectivity index (χ4v) is 3.71. The fraction of sp³-hybridized carbons (Fsp3) is 0.273. The molecular weight excluding hydrogens is 372 g/mol. The fourth-order valence-electron chi connectivity index (χ4n) is 2.85. The lowest BCUT2D eigenvalue weighted by molar-refractivity contribution is -0.119. The lowest BCUT2D eigenvalue weighted by Crippen LogP contribution is -2.31. The van der Waals surface area contributed by atoms with E-state index in [0.29, 0.717) is 11.3 Å². The van der Waals surface area contributed by atoms with Crippen molar-refractivity contribution in [3.63, 3.8) is 0 Å². The first-order valence-electron chi connectivity index (χ1n) is 9.24. The van der Waals surface area contributed by atoms with Crippen molar-refractivity contribution >= 4 is 34.5 Å². The van der Waals surface area contributed by atoms with Crippen LogP contribution in [0, 0.1) is 0 Å². The number of rotatable bonds is 7. The topological polar surface area (TPSA) is 71.3 Å². The van der Waals surface area contributed by atoms with Crippen LogP contribution >= 0.6 is 11.8 Å². The SMILES string of the molecule is CC(C)NC(=O)CSc1ccccc1C(=O)NC(C)c1cc2ccccc2o1. The molecule has 146 valence electrons. The van der Waals surface area contributed by atoms with E-state index >= 15 is 0 Å². The third-order valence-electron chi connectivity index (χ3n) is 4.16. The maximum atomic E-state index is 12.8. The molecule has 2 aromatic carbocycles. The van der Waals surface area contributed by atoms with Gasteiger partial charge in [-0.1, -0.05) is 30.3 Å². The second kappa shape index (κ2) is 8.97. The highest BCUT2D eigenvalue weighted by atomic mass is 32.2. The zero-order chi connectivity index (χ0) is 20.1. The van der Waals surface area contributed by atoms with Gasteiger partial charge in [-0.25, -0.2) is 0 Å². The van der Waals surface area contributed by atoms with Gasteiger partial charge < -0.3 is 15.1 Å². The number of nitrogens with one attached hydrogen (secondary N) is 2. The van der Waals surface area contributed by atoms with Gasteiger partial charge in [0.05, 0.1) is 17.4 Å². The van der Waals surface area contributed by atoms with E-state index < -0.39 is 0 Å². The standard InChI is InChI=1S/C22H24N2O3S/c1-14(2)23-21(25)13-28-20-11-7-5-9-17(20)22(26)24-15(3)19-12-16-8-4-6-10-18(16)27-19/h4-12,14-15H,13H2,1-3H3,(H,23,25)(H,24,26). The highest BCUT2D eigenvalue weighted by Crippen LogP contribution is 2.26. The molecule has 0 spiro atoms. The second-order valence-corrected chi connectivity index (χ2v) is 7.91. The first-order valence-corrected chi connectivity index (χ1v) is 10.2. The Balaban J connectivity index is 1.69. The number of para-hydroxylation sites is 1. The summed E-state index contributed by atoms with van der Waals surface area (Å²) in [7, 11) is 0. The van der Waals surface area contributed by atoms with Gasteiger partial charge in [-0.05, 0) is 45.0 Å². The van der Waals surface area contributed by atoms with Crippen LogP contribution in [-0.4, -0.2) is 23.6 Å². The first-order chi connectivity index (χ1) is 13.4. The number of fused-ring (bicyclic) bond motifs is 1. The molecule has 1 atom stereocenters. The van der Waals surface area contributed by atoms with Crippen LogP contribution in [0.15, 0.2) is 63.9 Å². The molecule has 0 radical (unpaired) electrons. The maximum Gasteiger partial charge on any atom is 0.252 e. The highest BCUT2D eigenvalue weighted by molar-refractivity contribution is 8.00. The number of carbonyl (C=O) groups excluding carboxylic acids is 2. The molecule has 0 aliphatic rings. The van der Waals surface area contributed by atoms with Gasteiger partial charge in [0, 0.05) is 16.3 Å². The van der Waals surface area contributed by atoms with Crippen LogP contribution in [0.1, 0.15) is 42.9 Å². The molecule has 0 bridgehead atoms. The minimum absolute atomic E-state index is 0.0501. The molecule has 1 aromatic heterocycles. The molecule has 0 saturated heterocycles. The number of benzene rings is 2. The van der Waals surface area contributed by atoms with Crippen LogP contribution in [0.2, 0.25) is 0 Å². The average molecular weight is 397 g/mol. The van der Waals surface area contributed by atoms with Crippen LogP contribution in [-0.2, 0) is 4.79 Å². The highest BCUT2D eigenvalue weighted by Gasteiger charge is 2.18. The van der Waals surface area contributed by atoms with Gasteiger partial charge in [0.2, 0.25) is 5.91 Å². The van der Waals surface area contributed by atoms with Gasteiger partial charge >= 0.3 is 0 Å². The number of hydrogen-bond acceptors (Lipinski definition) is 4. The number of furan rings is 1. The Morgan fingerprint density at radius 1 is 1.00 bits per heavy atom. The van der Waals surface area contributed by atoms with Crippen molar-refractivity contribution in [2.45, 2.75) is 37.8 Å². The summed E-state index contributed by atoms with van der Waals surface area (Å²) in [5.74, 6) is 0.726.